The molecule has 0 aliphatic carbocycles. The molecule has 1 aromatic heterocycles. The second-order valence-electron chi connectivity index (χ2n) is 4.72. The number of aliphatic hydroxyl groups excluding tert-OH is 1. The zero-order valence-corrected chi connectivity index (χ0v) is 9.83. The highest BCUT2D eigenvalue weighted by molar-refractivity contribution is 5.79. The predicted molar refractivity (Wildman–Crippen MR) is 65.6 cm³/mol. The first-order valence-electron chi connectivity index (χ1n) is 5.36. The number of nitrogens with one attached hydrogen (secondary N) is 2. The van der Waals surface area contributed by atoms with E-state index in [2.05, 4.69) is 15.3 Å². The first kappa shape index (κ1) is 11.0. The molecule has 2 aromatic rings. The first-order valence-corrected chi connectivity index (χ1v) is 5.36. The topological polar surface area (TPSA) is 60.9 Å². The van der Waals surface area contributed by atoms with E-state index in [1.54, 1.807) is 0 Å². The lowest BCUT2D eigenvalue weighted by Gasteiger charge is -2.24. The molecule has 0 spiro atoms. The fourth-order valence-electron chi connectivity index (χ4n) is 1.65. The van der Waals surface area contributed by atoms with E-state index in [0.29, 0.717) is 0 Å². The van der Waals surface area contributed by atoms with Gasteiger partial charge >= 0.3 is 0 Å². The van der Waals surface area contributed by atoms with Gasteiger partial charge < -0.3 is 15.4 Å². The Morgan fingerprint density at radius 1 is 1.44 bits per heavy atom. The number of rotatable bonds is 3. The molecule has 0 amide bonds. The zero-order chi connectivity index (χ0) is 11.8. The lowest BCUT2D eigenvalue weighted by atomic mass is 10.1. The number of hydrogen-bond acceptors (Lipinski definition) is 3. The number of aliphatic hydroxyl groups is 1. The lowest BCUT2D eigenvalue weighted by Crippen LogP contribution is -2.34. The van der Waals surface area contributed by atoms with Gasteiger partial charge in [-0.3, -0.25) is 0 Å². The van der Waals surface area contributed by atoms with Crippen molar-refractivity contribution in [3.05, 3.63) is 24.0 Å². The van der Waals surface area contributed by atoms with E-state index in [1.165, 1.54) is 0 Å². The fourth-order valence-corrected chi connectivity index (χ4v) is 1.65. The smallest absolute Gasteiger partial charge is 0.104 e. The minimum absolute atomic E-state index is 0.0903. The summed E-state index contributed by atoms with van der Waals surface area (Å²) in [7, 11) is 0. The van der Waals surface area contributed by atoms with Gasteiger partial charge in [0, 0.05) is 5.69 Å². The minimum atomic E-state index is -0.317. The molecule has 0 fully saturated rings. The third-order valence-corrected chi connectivity index (χ3v) is 2.48. The van der Waals surface area contributed by atoms with Crippen LogP contribution in [-0.4, -0.2) is 27.2 Å². The van der Waals surface area contributed by atoms with Crippen LogP contribution in [0.5, 0.6) is 0 Å². The average Bonchev–Trinajstić information content (AvgIpc) is 2.57. The SMILES string of the molecule is Cc1nc2ccc(NC(C)(C)CO)cc2[nH]1. The Labute approximate surface area is 94.7 Å². The van der Waals surface area contributed by atoms with Crippen LogP contribution in [0.1, 0.15) is 19.7 Å². The van der Waals surface area contributed by atoms with E-state index in [9.17, 15) is 5.11 Å². The van der Waals surface area contributed by atoms with Gasteiger partial charge in [-0.1, -0.05) is 0 Å². The average molecular weight is 219 g/mol. The largest absolute Gasteiger partial charge is 0.394 e. The van der Waals surface area contributed by atoms with Gasteiger partial charge in [0.05, 0.1) is 23.2 Å². The van der Waals surface area contributed by atoms with Crippen molar-refractivity contribution in [1.29, 1.82) is 0 Å². The van der Waals surface area contributed by atoms with Crippen molar-refractivity contribution in [2.75, 3.05) is 11.9 Å². The van der Waals surface area contributed by atoms with Crippen LogP contribution in [0.4, 0.5) is 5.69 Å². The summed E-state index contributed by atoms with van der Waals surface area (Å²) >= 11 is 0. The Bertz CT molecular complexity index is 502. The Balaban J connectivity index is 2.32. The van der Waals surface area contributed by atoms with Gasteiger partial charge in [-0.25, -0.2) is 4.98 Å². The molecule has 0 saturated carbocycles. The number of aromatic nitrogens is 2. The van der Waals surface area contributed by atoms with E-state index in [0.717, 1.165) is 22.5 Å². The lowest BCUT2D eigenvalue weighted by molar-refractivity contribution is 0.234. The molecule has 4 heteroatoms. The fraction of sp³-hybridized carbons (Fsp3) is 0.417. The van der Waals surface area contributed by atoms with Crippen molar-refractivity contribution in [2.24, 2.45) is 0 Å². The number of hydrogen-bond donors (Lipinski definition) is 3. The van der Waals surface area contributed by atoms with E-state index in [4.69, 9.17) is 0 Å². The summed E-state index contributed by atoms with van der Waals surface area (Å²) in [5.74, 6) is 0.911. The van der Waals surface area contributed by atoms with Gasteiger partial charge in [-0.15, -0.1) is 0 Å². The monoisotopic (exact) mass is 219 g/mol. The van der Waals surface area contributed by atoms with Crippen LogP contribution >= 0.6 is 0 Å². The quantitative estimate of drug-likeness (QED) is 0.740. The van der Waals surface area contributed by atoms with Gasteiger partial charge in [-0.2, -0.15) is 0 Å². The number of anilines is 1. The Morgan fingerprint density at radius 2 is 2.19 bits per heavy atom. The van der Waals surface area contributed by atoms with Crippen molar-refractivity contribution in [1.82, 2.24) is 9.97 Å². The van der Waals surface area contributed by atoms with Crippen LogP contribution in [0, 0.1) is 6.92 Å². The Morgan fingerprint density at radius 3 is 2.88 bits per heavy atom. The number of fused-ring (bicyclic) bond motifs is 1. The highest BCUT2D eigenvalue weighted by Gasteiger charge is 2.15. The number of benzene rings is 1. The second-order valence-corrected chi connectivity index (χ2v) is 4.72. The highest BCUT2D eigenvalue weighted by Crippen LogP contribution is 2.20. The summed E-state index contributed by atoms with van der Waals surface area (Å²) in [4.78, 5) is 7.53. The Hall–Kier alpha value is -1.55. The molecule has 1 heterocycles. The Kier molecular flexibility index (Phi) is 2.59. The van der Waals surface area contributed by atoms with Gasteiger partial charge in [0.1, 0.15) is 5.82 Å². The molecular weight excluding hydrogens is 202 g/mol. The van der Waals surface area contributed by atoms with E-state index in [1.807, 2.05) is 39.0 Å². The summed E-state index contributed by atoms with van der Waals surface area (Å²) in [5, 5.41) is 12.5. The molecule has 0 atom stereocenters. The third kappa shape index (κ3) is 2.17. The molecule has 0 unspecified atom stereocenters. The van der Waals surface area contributed by atoms with E-state index >= 15 is 0 Å². The maximum Gasteiger partial charge on any atom is 0.104 e. The van der Waals surface area contributed by atoms with Crippen LogP contribution in [0.25, 0.3) is 11.0 Å². The highest BCUT2D eigenvalue weighted by atomic mass is 16.3. The number of aromatic amines is 1. The van der Waals surface area contributed by atoms with Crippen LogP contribution in [-0.2, 0) is 0 Å². The van der Waals surface area contributed by atoms with Crippen LogP contribution in [0.15, 0.2) is 18.2 Å². The summed E-state index contributed by atoms with van der Waals surface area (Å²) in [5.41, 5.74) is 2.64. The predicted octanol–water partition coefficient (Wildman–Crippen LogP) is 2.05. The molecule has 16 heavy (non-hydrogen) atoms. The van der Waals surface area contributed by atoms with Gasteiger partial charge in [0.2, 0.25) is 0 Å². The van der Waals surface area contributed by atoms with Gasteiger partial charge in [0.25, 0.3) is 0 Å². The van der Waals surface area contributed by atoms with Crippen LogP contribution in [0.2, 0.25) is 0 Å². The third-order valence-electron chi connectivity index (χ3n) is 2.48. The van der Waals surface area contributed by atoms with Gasteiger partial charge in [-0.05, 0) is 39.0 Å². The molecular formula is C12H17N3O. The molecule has 0 bridgehead atoms. The summed E-state index contributed by atoms with van der Waals surface area (Å²) < 4.78 is 0. The summed E-state index contributed by atoms with van der Waals surface area (Å²) in [6.07, 6.45) is 0. The molecule has 3 N–H and O–H groups in total. The maximum absolute atomic E-state index is 9.19. The van der Waals surface area contributed by atoms with Crippen molar-refractivity contribution >= 4 is 16.7 Å². The molecule has 86 valence electrons. The maximum atomic E-state index is 9.19. The number of imidazole rings is 1. The second kappa shape index (κ2) is 3.79. The van der Waals surface area contributed by atoms with Crippen molar-refractivity contribution in [2.45, 2.75) is 26.3 Å². The van der Waals surface area contributed by atoms with E-state index in [-0.39, 0.29) is 12.1 Å². The van der Waals surface area contributed by atoms with Crippen molar-refractivity contribution in [3.8, 4) is 0 Å². The van der Waals surface area contributed by atoms with Crippen LogP contribution in [0.3, 0.4) is 0 Å². The minimum Gasteiger partial charge on any atom is -0.394 e. The van der Waals surface area contributed by atoms with E-state index < -0.39 is 0 Å². The number of nitrogens with zero attached hydrogens (tertiary/aromatic N) is 1. The summed E-state index contributed by atoms with van der Waals surface area (Å²) in [6, 6.07) is 5.95. The number of aryl methyl sites for hydroxylation is 1. The van der Waals surface area contributed by atoms with Gasteiger partial charge in [0.15, 0.2) is 0 Å². The molecule has 1 aromatic carbocycles. The van der Waals surface area contributed by atoms with Crippen LogP contribution < -0.4 is 5.32 Å². The zero-order valence-electron chi connectivity index (χ0n) is 9.83. The molecule has 0 aliphatic rings. The van der Waals surface area contributed by atoms with Crippen molar-refractivity contribution in [3.63, 3.8) is 0 Å². The standard InChI is InChI=1S/C12H17N3O/c1-8-13-10-5-4-9(6-11(10)14-8)15-12(2,3)7-16/h4-6,15-16H,7H2,1-3H3,(H,13,14). The molecule has 2 rings (SSSR count). The normalized spacial score (nSPS) is 12.0. The first-order chi connectivity index (χ1) is 7.50. The summed E-state index contributed by atoms with van der Waals surface area (Å²) in [6.45, 7) is 5.93. The number of H-pyrrole nitrogens is 1. The molecule has 4 nitrogen and oxygen atoms in total. The molecule has 0 saturated heterocycles. The molecule has 0 aliphatic heterocycles. The molecule has 0 radical (unpaired) electrons. The van der Waals surface area contributed by atoms with Crippen molar-refractivity contribution < 1.29 is 5.11 Å².